The van der Waals surface area contributed by atoms with Crippen LogP contribution in [0.4, 0.5) is 0 Å². The lowest BCUT2D eigenvalue weighted by molar-refractivity contribution is -0.120. The maximum atomic E-state index is 12.6. The summed E-state index contributed by atoms with van der Waals surface area (Å²) in [4.78, 5) is 12.6. The van der Waals surface area contributed by atoms with Gasteiger partial charge in [-0.15, -0.1) is 10.2 Å². The number of thioether (sulfide) groups is 1. The highest BCUT2D eigenvalue weighted by Crippen LogP contribution is 2.32. The molecule has 6 nitrogen and oxygen atoms in total. The van der Waals surface area contributed by atoms with Crippen molar-refractivity contribution in [3.63, 3.8) is 0 Å². The molecule has 1 fully saturated rings. The fourth-order valence-electron chi connectivity index (χ4n) is 3.55. The van der Waals surface area contributed by atoms with E-state index in [0.29, 0.717) is 17.0 Å². The molecule has 2 heterocycles. The predicted octanol–water partition coefficient (Wildman–Crippen LogP) is 4.38. The lowest BCUT2D eigenvalue weighted by Gasteiger charge is -2.16. The van der Waals surface area contributed by atoms with E-state index in [0.717, 1.165) is 29.9 Å². The first-order chi connectivity index (χ1) is 13.6. The van der Waals surface area contributed by atoms with Crippen molar-refractivity contribution in [1.29, 1.82) is 0 Å². The second kappa shape index (κ2) is 8.22. The van der Waals surface area contributed by atoms with Crippen molar-refractivity contribution in [2.24, 2.45) is 0 Å². The topological polar surface area (TPSA) is 72.9 Å². The largest absolute Gasteiger partial charge is 0.469 e. The Morgan fingerprint density at radius 2 is 1.96 bits per heavy atom. The van der Waals surface area contributed by atoms with Crippen LogP contribution in [0, 0.1) is 6.92 Å². The number of carbonyl (C=O) groups is 1. The van der Waals surface area contributed by atoms with E-state index in [1.165, 1.54) is 24.6 Å². The normalized spacial score (nSPS) is 15.6. The lowest BCUT2D eigenvalue weighted by Crippen LogP contribution is -2.37. The molecule has 0 bridgehead atoms. The van der Waals surface area contributed by atoms with E-state index in [-0.39, 0.29) is 11.2 Å². The summed E-state index contributed by atoms with van der Waals surface area (Å²) in [6, 6.07) is 12.2. The molecule has 0 aliphatic heterocycles. The molecule has 7 heteroatoms. The van der Waals surface area contributed by atoms with E-state index in [2.05, 4.69) is 15.5 Å². The molecular formula is C21H24N4O2S. The zero-order chi connectivity index (χ0) is 19.5. The molecule has 3 aromatic rings. The molecule has 1 saturated carbocycles. The molecule has 1 aromatic carbocycles. The van der Waals surface area contributed by atoms with Gasteiger partial charge in [-0.1, -0.05) is 42.8 Å². The third-order valence-electron chi connectivity index (χ3n) is 5.10. The highest BCUT2D eigenvalue weighted by Gasteiger charge is 2.25. The third-order valence-corrected chi connectivity index (χ3v) is 6.14. The second-order valence-electron chi connectivity index (χ2n) is 7.12. The van der Waals surface area contributed by atoms with Crippen LogP contribution in [0.5, 0.6) is 0 Å². The molecule has 1 N–H and O–H groups in total. The summed E-state index contributed by atoms with van der Waals surface area (Å²) in [5, 5.41) is 12.4. The predicted molar refractivity (Wildman–Crippen MR) is 110 cm³/mol. The molecule has 1 amide bonds. The molecule has 146 valence electrons. The van der Waals surface area contributed by atoms with Crippen LogP contribution in [0.15, 0.2) is 52.2 Å². The molecule has 0 radical (unpaired) electrons. The molecule has 1 aliphatic carbocycles. The Balaban J connectivity index is 1.62. The zero-order valence-electron chi connectivity index (χ0n) is 16.1. The van der Waals surface area contributed by atoms with Crippen molar-refractivity contribution in [3.05, 3.63) is 48.4 Å². The smallest absolute Gasteiger partial charge is 0.233 e. The van der Waals surface area contributed by atoms with E-state index in [1.807, 2.05) is 54.8 Å². The van der Waals surface area contributed by atoms with Gasteiger partial charge < -0.3 is 9.73 Å². The van der Waals surface area contributed by atoms with Crippen molar-refractivity contribution in [2.45, 2.75) is 56.0 Å². The molecule has 1 unspecified atom stereocenters. The highest BCUT2D eigenvalue weighted by molar-refractivity contribution is 8.00. The van der Waals surface area contributed by atoms with Crippen LogP contribution in [0.2, 0.25) is 0 Å². The van der Waals surface area contributed by atoms with Gasteiger partial charge in [0.1, 0.15) is 5.76 Å². The minimum absolute atomic E-state index is 0.0561. The summed E-state index contributed by atoms with van der Waals surface area (Å²) in [5.74, 6) is 1.55. The second-order valence-corrected chi connectivity index (χ2v) is 8.43. The van der Waals surface area contributed by atoms with Gasteiger partial charge in [0.2, 0.25) is 5.91 Å². The average molecular weight is 397 g/mol. The summed E-state index contributed by atoms with van der Waals surface area (Å²) in [6.45, 7) is 3.82. The highest BCUT2D eigenvalue weighted by atomic mass is 32.2. The van der Waals surface area contributed by atoms with Crippen molar-refractivity contribution in [3.8, 4) is 17.1 Å². The van der Waals surface area contributed by atoms with Crippen LogP contribution >= 0.6 is 11.8 Å². The number of aromatic nitrogens is 3. The molecule has 28 heavy (non-hydrogen) atoms. The third kappa shape index (κ3) is 3.85. The number of rotatable bonds is 6. The molecule has 1 aliphatic rings. The van der Waals surface area contributed by atoms with Gasteiger partial charge in [-0.3, -0.25) is 9.36 Å². The van der Waals surface area contributed by atoms with Gasteiger partial charge >= 0.3 is 0 Å². The van der Waals surface area contributed by atoms with Gasteiger partial charge in [0.15, 0.2) is 11.0 Å². The number of nitrogens with zero attached hydrogens (tertiary/aromatic N) is 3. The van der Waals surface area contributed by atoms with Crippen molar-refractivity contribution >= 4 is 17.7 Å². The van der Waals surface area contributed by atoms with Gasteiger partial charge in [0.05, 0.1) is 17.1 Å². The Morgan fingerprint density at radius 3 is 2.64 bits per heavy atom. The minimum atomic E-state index is -0.259. The average Bonchev–Trinajstić information content (AvgIpc) is 3.44. The van der Waals surface area contributed by atoms with Crippen LogP contribution in [-0.4, -0.2) is 32.0 Å². The van der Waals surface area contributed by atoms with E-state index in [1.54, 1.807) is 6.26 Å². The number of hydrogen-bond donors (Lipinski definition) is 1. The Bertz CT molecular complexity index is 944. The van der Waals surface area contributed by atoms with Crippen LogP contribution in [0.25, 0.3) is 17.1 Å². The van der Waals surface area contributed by atoms with Crippen LogP contribution in [0.3, 0.4) is 0 Å². The number of para-hydroxylation sites is 1. The number of aryl methyl sites for hydroxylation is 1. The molecule has 0 saturated heterocycles. The Morgan fingerprint density at radius 1 is 1.21 bits per heavy atom. The molecule has 2 aromatic heterocycles. The number of nitrogens with one attached hydrogen (secondary N) is 1. The summed E-state index contributed by atoms with van der Waals surface area (Å²) in [5.41, 5.74) is 1.85. The van der Waals surface area contributed by atoms with E-state index < -0.39 is 0 Å². The maximum Gasteiger partial charge on any atom is 0.233 e. The van der Waals surface area contributed by atoms with Crippen molar-refractivity contribution in [1.82, 2.24) is 20.1 Å². The summed E-state index contributed by atoms with van der Waals surface area (Å²) < 4.78 is 7.45. The van der Waals surface area contributed by atoms with Crippen LogP contribution in [0.1, 0.15) is 38.4 Å². The van der Waals surface area contributed by atoms with Gasteiger partial charge in [0.25, 0.3) is 0 Å². The van der Waals surface area contributed by atoms with E-state index in [4.69, 9.17) is 4.42 Å². The first kappa shape index (κ1) is 18.8. The Hall–Kier alpha value is -2.54. The van der Waals surface area contributed by atoms with Crippen molar-refractivity contribution < 1.29 is 9.21 Å². The molecule has 1 atom stereocenters. The molecule has 0 spiro atoms. The monoisotopic (exact) mass is 396 g/mol. The van der Waals surface area contributed by atoms with Gasteiger partial charge in [-0.25, -0.2) is 0 Å². The van der Waals surface area contributed by atoms with Crippen LogP contribution in [-0.2, 0) is 4.79 Å². The van der Waals surface area contributed by atoms with Crippen molar-refractivity contribution in [2.75, 3.05) is 0 Å². The summed E-state index contributed by atoms with van der Waals surface area (Å²) >= 11 is 1.43. The zero-order valence-corrected chi connectivity index (χ0v) is 16.9. The number of hydrogen-bond acceptors (Lipinski definition) is 5. The van der Waals surface area contributed by atoms with Crippen LogP contribution < -0.4 is 5.32 Å². The first-order valence-corrected chi connectivity index (χ1v) is 10.5. The molecule has 4 rings (SSSR count). The lowest BCUT2D eigenvalue weighted by atomic mass is 10.2. The Kier molecular flexibility index (Phi) is 5.52. The number of carbonyl (C=O) groups excluding carboxylic acids is 1. The number of furan rings is 1. The quantitative estimate of drug-likeness (QED) is 0.626. The number of amides is 1. The SMILES string of the molecule is Cc1occc1-c1nnc(SC(C)C(=O)NC2CCCC2)n1-c1ccccc1. The standard InChI is InChI=1S/C21H24N4O2S/c1-14-18(12-13-27-14)19-23-24-21(25(19)17-10-4-3-5-11-17)28-15(2)20(26)22-16-8-6-7-9-16/h3-5,10-13,15-16H,6-9H2,1-2H3,(H,22,26). The van der Waals surface area contributed by atoms with Gasteiger partial charge in [-0.2, -0.15) is 0 Å². The van der Waals surface area contributed by atoms with Gasteiger partial charge in [-0.05, 0) is 44.9 Å². The Labute approximate surface area is 168 Å². The minimum Gasteiger partial charge on any atom is -0.469 e. The fraction of sp³-hybridized carbons (Fsp3) is 0.381. The van der Waals surface area contributed by atoms with Gasteiger partial charge in [0, 0.05) is 11.7 Å². The fourth-order valence-corrected chi connectivity index (χ4v) is 4.42. The summed E-state index contributed by atoms with van der Waals surface area (Å²) in [7, 11) is 0. The summed E-state index contributed by atoms with van der Waals surface area (Å²) in [6.07, 6.45) is 6.20. The van der Waals surface area contributed by atoms with E-state index >= 15 is 0 Å². The first-order valence-electron chi connectivity index (χ1n) is 9.66. The maximum absolute atomic E-state index is 12.6. The number of benzene rings is 1. The molecular weight excluding hydrogens is 372 g/mol. The van der Waals surface area contributed by atoms with E-state index in [9.17, 15) is 4.79 Å².